The van der Waals surface area contributed by atoms with Crippen LogP contribution in [0.3, 0.4) is 0 Å². The number of amides is 2. The topological polar surface area (TPSA) is 87.2 Å². The second-order valence-electron chi connectivity index (χ2n) is 13.6. The number of ether oxygens (including phenoxy) is 1. The normalized spacial score (nSPS) is 33.1. The first-order chi connectivity index (χ1) is 18.8. The zero-order chi connectivity index (χ0) is 29.1. The van der Waals surface area contributed by atoms with Crippen molar-refractivity contribution in [3.8, 4) is 0 Å². The number of fused-ring (bicyclic) bond motifs is 2. The van der Waals surface area contributed by atoms with E-state index in [9.17, 15) is 19.5 Å². The minimum absolute atomic E-state index is 0.0293. The molecule has 2 amide bonds. The molecule has 0 radical (unpaired) electrons. The number of hydrogen-bond acceptors (Lipinski definition) is 6. The molecule has 0 bridgehead atoms. The van der Waals surface area contributed by atoms with Gasteiger partial charge in [0.05, 0.1) is 35.8 Å². The molecule has 40 heavy (non-hydrogen) atoms. The maximum Gasteiger partial charge on any atom is 0.311 e. The molecule has 0 aliphatic carbocycles. The Bertz CT molecular complexity index is 1240. The molecule has 216 valence electrons. The lowest BCUT2D eigenvalue weighted by Crippen LogP contribution is -2.59. The smallest absolute Gasteiger partial charge is 0.311 e. The number of aliphatic hydroxyl groups excluding tert-OH is 1. The fourth-order valence-electron chi connectivity index (χ4n) is 7.73. The van der Waals surface area contributed by atoms with Crippen LogP contribution in [0.25, 0.3) is 0 Å². The molecule has 6 atom stereocenters. The molecule has 5 rings (SSSR count). The maximum absolute atomic E-state index is 14.9. The Kier molecular flexibility index (Phi) is 7.27. The van der Waals surface area contributed by atoms with Gasteiger partial charge in [-0.2, -0.15) is 0 Å². The van der Waals surface area contributed by atoms with Gasteiger partial charge in [-0.25, -0.2) is 0 Å². The minimum Gasteiger partial charge on any atom is -0.465 e. The molecule has 2 fully saturated rings. The number of hydrogen-bond donors (Lipinski definition) is 1. The van der Waals surface area contributed by atoms with Crippen LogP contribution in [0.15, 0.2) is 54.6 Å². The summed E-state index contributed by atoms with van der Waals surface area (Å²) in [4.78, 5) is 46.6. The maximum atomic E-state index is 14.9. The van der Waals surface area contributed by atoms with E-state index in [1.807, 2.05) is 66.5 Å². The van der Waals surface area contributed by atoms with E-state index in [0.717, 1.165) is 12.0 Å². The summed E-state index contributed by atoms with van der Waals surface area (Å²) in [5, 5.41) is 10.7. The SMILES string of the molecule is CC(C)(C)CC(C)(C)N1CC=C[C@]23S[C@]4(C)C=CCCOC(=O)[C@@H]4[C@H]2C(=O)N([C@H](CO)c2ccccc2)C3C1=O. The molecule has 0 saturated carbocycles. The summed E-state index contributed by atoms with van der Waals surface area (Å²) >= 11 is 1.53. The lowest BCUT2D eigenvalue weighted by atomic mass is 9.74. The van der Waals surface area contributed by atoms with E-state index in [0.29, 0.717) is 13.0 Å². The van der Waals surface area contributed by atoms with Crippen LogP contribution in [0.1, 0.15) is 66.0 Å². The summed E-state index contributed by atoms with van der Waals surface area (Å²) in [5.74, 6) is -2.38. The third kappa shape index (κ3) is 4.61. The lowest BCUT2D eigenvalue weighted by molar-refractivity contribution is -0.155. The number of cyclic esters (lactones) is 1. The molecule has 1 aromatic rings. The van der Waals surface area contributed by atoms with Gasteiger partial charge in [0.15, 0.2) is 0 Å². The van der Waals surface area contributed by atoms with Crippen molar-refractivity contribution in [2.24, 2.45) is 17.3 Å². The van der Waals surface area contributed by atoms with E-state index < -0.39 is 44.9 Å². The van der Waals surface area contributed by atoms with Gasteiger partial charge in [-0.15, -0.1) is 11.8 Å². The van der Waals surface area contributed by atoms with Gasteiger partial charge in [0, 0.05) is 16.8 Å². The molecule has 4 aliphatic rings. The Morgan fingerprint density at radius 2 is 1.73 bits per heavy atom. The minimum atomic E-state index is -0.990. The van der Waals surface area contributed by atoms with Gasteiger partial charge < -0.3 is 19.6 Å². The standard InChI is InChI=1S/C32H42N2O5S/c1-29(2,3)20-30(4,5)33-17-12-16-32-23(24-28(38)39-18-11-10-15-31(24,6)40-32)26(36)34(25(32)27(33)37)22(19-35)21-13-8-7-9-14-21/h7-10,12-16,22-25,35H,11,17-20H2,1-6H3/t22-,23+,24+,25?,31-,32+/m1/s1. The molecule has 1 N–H and O–H groups in total. The van der Waals surface area contributed by atoms with Crippen LogP contribution in [0, 0.1) is 17.3 Å². The number of thioether (sulfide) groups is 1. The summed E-state index contributed by atoms with van der Waals surface area (Å²) in [6.45, 7) is 13.0. The molecule has 0 aromatic heterocycles. The molecular weight excluding hydrogens is 524 g/mol. The van der Waals surface area contributed by atoms with Gasteiger partial charge in [-0.3, -0.25) is 14.4 Å². The van der Waals surface area contributed by atoms with Gasteiger partial charge in [0.1, 0.15) is 6.04 Å². The van der Waals surface area contributed by atoms with Crippen molar-refractivity contribution in [3.63, 3.8) is 0 Å². The summed E-state index contributed by atoms with van der Waals surface area (Å²) < 4.78 is 3.94. The first-order valence-corrected chi connectivity index (χ1v) is 15.1. The molecule has 1 unspecified atom stereocenters. The Labute approximate surface area is 242 Å². The van der Waals surface area contributed by atoms with Crippen molar-refractivity contribution < 1.29 is 24.2 Å². The Morgan fingerprint density at radius 3 is 2.38 bits per heavy atom. The fourth-order valence-corrected chi connectivity index (χ4v) is 9.87. The van der Waals surface area contributed by atoms with Crippen molar-refractivity contribution in [1.29, 1.82) is 0 Å². The van der Waals surface area contributed by atoms with E-state index >= 15 is 0 Å². The van der Waals surface area contributed by atoms with Crippen molar-refractivity contribution >= 4 is 29.5 Å². The monoisotopic (exact) mass is 566 g/mol. The first-order valence-electron chi connectivity index (χ1n) is 14.3. The van der Waals surface area contributed by atoms with Crippen LogP contribution in [0.5, 0.6) is 0 Å². The van der Waals surface area contributed by atoms with E-state index in [2.05, 4.69) is 34.6 Å². The van der Waals surface area contributed by atoms with Crippen molar-refractivity contribution in [1.82, 2.24) is 9.80 Å². The van der Waals surface area contributed by atoms with Crippen molar-refractivity contribution in [2.75, 3.05) is 19.8 Å². The molecule has 1 aromatic carbocycles. The van der Waals surface area contributed by atoms with Crippen LogP contribution >= 0.6 is 11.8 Å². The van der Waals surface area contributed by atoms with Crippen LogP contribution in [0.2, 0.25) is 0 Å². The third-order valence-electron chi connectivity index (χ3n) is 8.84. The van der Waals surface area contributed by atoms with Gasteiger partial charge >= 0.3 is 5.97 Å². The average Bonchev–Trinajstić information content (AvgIpc) is 3.17. The highest BCUT2D eigenvalue weighted by Gasteiger charge is 2.75. The highest BCUT2D eigenvalue weighted by Crippen LogP contribution is 2.66. The zero-order valence-electron chi connectivity index (χ0n) is 24.4. The van der Waals surface area contributed by atoms with E-state index in [-0.39, 0.29) is 30.4 Å². The van der Waals surface area contributed by atoms with Gasteiger partial charge in [0.2, 0.25) is 11.8 Å². The van der Waals surface area contributed by atoms with Gasteiger partial charge in [-0.1, -0.05) is 75.4 Å². The van der Waals surface area contributed by atoms with Crippen LogP contribution < -0.4 is 0 Å². The van der Waals surface area contributed by atoms with E-state index in [1.54, 1.807) is 4.90 Å². The molecule has 1 spiro atoms. The quantitative estimate of drug-likeness (QED) is 0.417. The molecule has 4 aliphatic heterocycles. The van der Waals surface area contributed by atoms with Crippen molar-refractivity contribution in [2.45, 2.75) is 81.5 Å². The van der Waals surface area contributed by atoms with Crippen molar-refractivity contribution in [3.05, 3.63) is 60.2 Å². The summed E-state index contributed by atoms with van der Waals surface area (Å²) in [6.07, 6.45) is 9.46. The Hall–Kier alpha value is -2.58. The number of likely N-dealkylation sites (tertiary alicyclic amines) is 1. The summed E-state index contributed by atoms with van der Waals surface area (Å²) in [6, 6.07) is 7.74. The second-order valence-corrected chi connectivity index (χ2v) is 15.4. The average molecular weight is 567 g/mol. The highest BCUT2D eigenvalue weighted by atomic mass is 32.2. The molecule has 4 heterocycles. The third-order valence-corrected chi connectivity index (χ3v) is 10.6. The van der Waals surface area contributed by atoms with E-state index in [4.69, 9.17) is 4.74 Å². The number of carbonyl (C=O) groups excluding carboxylic acids is 3. The molecule has 7 nitrogen and oxygen atoms in total. The Balaban J connectivity index is 1.70. The summed E-state index contributed by atoms with van der Waals surface area (Å²) in [5.41, 5.74) is 0.231. The van der Waals surface area contributed by atoms with Crippen LogP contribution in [0.4, 0.5) is 0 Å². The number of carbonyl (C=O) groups is 3. The van der Waals surface area contributed by atoms with Gasteiger partial charge in [-0.05, 0) is 44.6 Å². The summed E-state index contributed by atoms with van der Waals surface area (Å²) in [7, 11) is 0. The van der Waals surface area contributed by atoms with Crippen LogP contribution in [-0.2, 0) is 19.1 Å². The van der Waals surface area contributed by atoms with Gasteiger partial charge in [0.25, 0.3) is 0 Å². The highest BCUT2D eigenvalue weighted by molar-refractivity contribution is 8.02. The number of nitrogens with zero attached hydrogens (tertiary/aromatic N) is 2. The second kappa shape index (κ2) is 10.1. The first kappa shape index (κ1) is 28.9. The Morgan fingerprint density at radius 1 is 1.02 bits per heavy atom. The number of benzene rings is 1. The van der Waals surface area contributed by atoms with Crippen LogP contribution in [-0.4, -0.2) is 73.5 Å². The number of esters is 1. The zero-order valence-corrected chi connectivity index (χ0v) is 25.2. The predicted octanol–water partition coefficient (Wildman–Crippen LogP) is 4.52. The predicted molar refractivity (Wildman–Crippen MR) is 156 cm³/mol. The van der Waals surface area contributed by atoms with E-state index in [1.165, 1.54) is 11.8 Å². The fraction of sp³-hybridized carbons (Fsp3) is 0.594. The number of aliphatic hydroxyl groups is 1. The lowest BCUT2D eigenvalue weighted by Gasteiger charge is -2.45. The molecule has 8 heteroatoms. The molecule has 2 saturated heterocycles. The largest absolute Gasteiger partial charge is 0.465 e. The molecular formula is C32H42N2O5S. The number of rotatable bonds is 5.